The fourth-order valence-corrected chi connectivity index (χ4v) is 5.96. The zero-order valence-corrected chi connectivity index (χ0v) is 18.7. The van der Waals surface area contributed by atoms with Gasteiger partial charge >= 0.3 is 0 Å². The molecule has 27 heavy (non-hydrogen) atoms. The fraction of sp³-hybridized carbons (Fsp3) is 0.952. The Morgan fingerprint density at radius 2 is 1.81 bits per heavy atom. The van der Waals surface area contributed by atoms with E-state index in [1.54, 1.807) is 0 Å². The van der Waals surface area contributed by atoms with Crippen molar-refractivity contribution in [2.75, 3.05) is 65.2 Å². The monoisotopic (exact) mass is 395 g/mol. The lowest BCUT2D eigenvalue weighted by Crippen LogP contribution is -2.58. The Bertz CT molecular complexity index is 469. The molecule has 1 N–H and O–H groups in total. The van der Waals surface area contributed by atoms with Crippen LogP contribution in [0.4, 0.5) is 0 Å². The summed E-state index contributed by atoms with van der Waals surface area (Å²) in [5.41, 5.74) is 0.280. The summed E-state index contributed by atoms with van der Waals surface area (Å²) in [6, 6.07) is 0. The van der Waals surface area contributed by atoms with Gasteiger partial charge in [-0.25, -0.2) is 0 Å². The molecular weight excluding hydrogens is 354 g/mol. The molecule has 3 heterocycles. The Hall–Kier alpha value is -0.460. The van der Waals surface area contributed by atoms with E-state index in [0.29, 0.717) is 0 Å². The van der Waals surface area contributed by atoms with Crippen LogP contribution in [0.2, 0.25) is 0 Å². The molecule has 0 amide bonds. The van der Waals surface area contributed by atoms with Crippen LogP contribution in [0.3, 0.4) is 0 Å². The molecule has 5 nitrogen and oxygen atoms in total. The van der Waals surface area contributed by atoms with Gasteiger partial charge in [0.2, 0.25) is 0 Å². The molecule has 0 aromatic rings. The van der Waals surface area contributed by atoms with E-state index in [1.165, 1.54) is 70.5 Å². The van der Waals surface area contributed by atoms with Crippen LogP contribution in [0.1, 0.15) is 52.4 Å². The first-order valence-electron chi connectivity index (χ1n) is 11.3. The quantitative estimate of drug-likeness (QED) is 0.572. The Morgan fingerprint density at radius 3 is 2.48 bits per heavy atom. The first-order valence-corrected chi connectivity index (χ1v) is 12.3. The predicted molar refractivity (Wildman–Crippen MR) is 119 cm³/mol. The number of aliphatic imine (C=N–C) groups is 1. The molecule has 0 aromatic carbocycles. The van der Waals surface area contributed by atoms with E-state index in [4.69, 9.17) is 4.99 Å². The maximum atomic E-state index is 5.26. The summed E-state index contributed by atoms with van der Waals surface area (Å²) in [6.45, 7) is 13.7. The minimum absolute atomic E-state index is 0.280. The van der Waals surface area contributed by atoms with E-state index in [1.807, 2.05) is 0 Å². The minimum atomic E-state index is 0.280. The number of hydrogen-bond donors (Lipinski definition) is 1. The number of nitrogens with zero attached hydrogens (tertiary/aromatic N) is 4. The molecule has 3 fully saturated rings. The first kappa shape index (κ1) is 21.3. The summed E-state index contributed by atoms with van der Waals surface area (Å²) in [5.74, 6) is 2.39. The average molecular weight is 396 g/mol. The van der Waals surface area contributed by atoms with Gasteiger partial charge < -0.3 is 15.1 Å². The minimum Gasteiger partial charge on any atom is -0.357 e. The molecular formula is C21H41N5S. The van der Waals surface area contributed by atoms with Crippen molar-refractivity contribution in [1.82, 2.24) is 20.0 Å². The van der Waals surface area contributed by atoms with Crippen molar-refractivity contribution in [1.29, 1.82) is 0 Å². The van der Waals surface area contributed by atoms with Gasteiger partial charge in [-0.1, -0.05) is 13.3 Å². The van der Waals surface area contributed by atoms with Gasteiger partial charge in [0, 0.05) is 36.2 Å². The Kier molecular flexibility index (Phi) is 8.15. The second-order valence-electron chi connectivity index (χ2n) is 8.59. The molecule has 0 aromatic heterocycles. The van der Waals surface area contributed by atoms with Crippen LogP contribution >= 0.6 is 11.8 Å². The number of guanidine groups is 1. The van der Waals surface area contributed by atoms with E-state index in [0.717, 1.165) is 37.4 Å². The second-order valence-corrected chi connectivity index (χ2v) is 10.0. The van der Waals surface area contributed by atoms with Crippen molar-refractivity contribution >= 4 is 17.7 Å². The van der Waals surface area contributed by atoms with Crippen LogP contribution in [0, 0.1) is 0 Å². The van der Waals surface area contributed by atoms with Crippen LogP contribution in [0.25, 0.3) is 0 Å². The lowest BCUT2D eigenvalue weighted by molar-refractivity contribution is 0.0206. The fourth-order valence-electron chi connectivity index (χ4n) is 4.78. The molecule has 3 saturated heterocycles. The summed E-state index contributed by atoms with van der Waals surface area (Å²) >= 11 is 2.13. The molecule has 156 valence electrons. The van der Waals surface area contributed by atoms with Gasteiger partial charge in [0.05, 0.1) is 6.54 Å². The molecule has 3 aliphatic rings. The zero-order chi connectivity index (χ0) is 19.1. The maximum absolute atomic E-state index is 5.26. The molecule has 0 radical (unpaired) electrons. The van der Waals surface area contributed by atoms with Crippen molar-refractivity contribution in [3.63, 3.8) is 0 Å². The summed E-state index contributed by atoms with van der Waals surface area (Å²) in [5, 5.41) is 4.36. The summed E-state index contributed by atoms with van der Waals surface area (Å²) in [6.07, 6.45) is 7.92. The average Bonchev–Trinajstić information content (AvgIpc) is 2.73. The van der Waals surface area contributed by atoms with Crippen molar-refractivity contribution in [3.8, 4) is 0 Å². The molecule has 0 spiro atoms. The van der Waals surface area contributed by atoms with Gasteiger partial charge in [-0.3, -0.25) is 9.89 Å². The SMILES string of the molecule is CCNC(=NCC1(N2CCCCC2)CCN(C)CC1)N1CCSC(CC)C1. The van der Waals surface area contributed by atoms with Crippen LogP contribution in [-0.4, -0.2) is 96.6 Å². The van der Waals surface area contributed by atoms with Crippen molar-refractivity contribution < 1.29 is 0 Å². The van der Waals surface area contributed by atoms with Gasteiger partial charge in [0.1, 0.15) is 0 Å². The molecule has 3 aliphatic heterocycles. The zero-order valence-electron chi connectivity index (χ0n) is 17.9. The number of rotatable bonds is 5. The van der Waals surface area contributed by atoms with Gasteiger partial charge in [-0.15, -0.1) is 0 Å². The largest absolute Gasteiger partial charge is 0.357 e. The maximum Gasteiger partial charge on any atom is 0.194 e. The standard InChI is InChI=1S/C21H41N5S/c1-4-19-17-25(15-16-27-19)20(22-5-2)23-18-21(9-13-24(3)14-10-21)26-11-7-6-8-12-26/h19H,4-18H2,1-3H3,(H,22,23). The molecule has 1 atom stereocenters. The summed E-state index contributed by atoms with van der Waals surface area (Å²) < 4.78 is 0. The van der Waals surface area contributed by atoms with E-state index < -0.39 is 0 Å². The third-order valence-corrected chi connectivity index (χ3v) is 8.07. The highest BCUT2D eigenvalue weighted by atomic mass is 32.2. The molecule has 3 rings (SSSR count). The van der Waals surface area contributed by atoms with Crippen molar-refractivity contribution in [2.24, 2.45) is 4.99 Å². The summed E-state index contributed by atoms with van der Waals surface area (Å²) in [7, 11) is 2.27. The lowest BCUT2D eigenvalue weighted by atomic mass is 9.84. The topological polar surface area (TPSA) is 34.1 Å². The van der Waals surface area contributed by atoms with Crippen LogP contribution < -0.4 is 5.32 Å². The highest BCUT2D eigenvalue weighted by Crippen LogP contribution is 2.32. The number of nitrogens with one attached hydrogen (secondary N) is 1. The number of piperidine rings is 2. The molecule has 0 aliphatic carbocycles. The third-order valence-electron chi connectivity index (χ3n) is 6.70. The second kappa shape index (κ2) is 10.4. The Morgan fingerprint density at radius 1 is 1.07 bits per heavy atom. The lowest BCUT2D eigenvalue weighted by Gasteiger charge is -2.49. The first-order chi connectivity index (χ1) is 13.2. The molecule has 0 bridgehead atoms. The normalized spacial score (nSPS) is 28.3. The van der Waals surface area contributed by atoms with E-state index >= 15 is 0 Å². The van der Waals surface area contributed by atoms with Gasteiger partial charge in [-0.05, 0) is 72.3 Å². The van der Waals surface area contributed by atoms with Gasteiger partial charge in [0.25, 0.3) is 0 Å². The van der Waals surface area contributed by atoms with Gasteiger partial charge in [-0.2, -0.15) is 11.8 Å². The highest BCUT2D eigenvalue weighted by Gasteiger charge is 2.39. The van der Waals surface area contributed by atoms with Crippen molar-refractivity contribution in [3.05, 3.63) is 0 Å². The van der Waals surface area contributed by atoms with Gasteiger partial charge in [0.15, 0.2) is 5.96 Å². The van der Waals surface area contributed by atoms with Crippen LogP contribution in [0.15, 0.2) is 4.99 Å². The Balaban J connectivity index is 1.73. The van der Waals surface area contributed by atoms with Crippen molar-refractivity contribution in [2.45, 2.75) is 63.2 Å². The van der Waals surface area contributed by atoms with E-state index in [9.17, 15) is 0 Å². The number of hydrogen-bond acceptors (Lipinski definition) is 4. The Labute approximate surface area is 171 Å². The molecule has 1 unspecified atom stereocenters. The molecule has 6 heteroatoms. The van der Waals surface area contributed by atoms with E-state index in [-0.39, 0.29) is 5.54 Å². The third kappa shape index (κ3) is 5.54. The molecule has 0 saturated carbocycles. The van der Waals surface area contributed by atoms with Crippen LogP contribution in [-0.2, 0) is 0 Å². The number of likely N-dealkylation sites (tertiary alicyclic amines) is 2. The van der Waals surface area contributed by atoms with Crippen LogP contribution in [0.5, 0.6) is 0 Å². The highest BCUT2D eigenvalue weighted by molar-refractivity contribution is 8.00. The number of thioether (sulfide) groups is 1. The smallest absolute Gasteiger partial charge is 0.194 e. The van der Waals surface area contributed by atoms with E-state index in [2.05, 4.69) is 52.7 Å². The summed E-state index contributed by atoms with van der Waals surface area (Å²) in [4.78, 5) is 13.1. The predicted octanol–water partition coefficient (Wildman–Crippen LogP) is 2.73.